The van der Waals surface area contributed by atoms with Crippen LogP contribution in [-0.4, -0.2) is 51.1 Å². The van der Waals surface area contributed by atoms with Gasteiger partial charge in [0.05, 0.1) is 12.2 Å². The third-order valence-corrected chi connectivity index (χ3v) is 4.06. The average molecular weight is 295 g/mol. The first-order valence-electron chi connectivity index (χ1n) is 6.35. The summed E-state index contributed by atoms with van der Waals surface area (Å²) in [5.41, 5.74) is 1.64. The molecule has 0 saturated carbocycles. The van der Waals surface area contributed by atoms with E-state index in [2.05, 4.69) is 10.3 Å². The zero-order chi connectivity index (χ0) is 14.5. The van der Waals surface area contributed by atoms with E-state index in [-0.39, 0.29) is 6.03 Å². The highest BCUT2D eigenvalue weighted by atomic mass is 32.2. The number of nitrogens with zero attached hydrogens (tertiary/aromatic N) is 2. The van der Waals surface area contributed by atoms with Crippen LogP contribution in [-0.2, 0) is 11.3 Å². The Bertz CT molecular complexity index is 509. The second-order valence-electron chi connectivity index (χ2n) is 4.55. The maximum absolute atomic E-state index is 12.1. The van der Waals surface area contributed by atoms with Crippen LogP contribution in [0.1, 0.15) is 11.4 Å². The highest BCUT2D eigenvalue weighted by Crippen LogP contribution is 2.16. The second-order valence-corrected chi connectivity index (χ2v) is 5.70. The fourth-order valence-corrected chi connectivity index (χ4v) is 3.06. The number of carbonyl (C=O) groups is 2. The number of hydrogen-bond acceptors (Lipinski definition) is 4. The van der Waals surface area contributed by atoms with Gasteiger partial charge in [-0.3, -0.25) is 4.98 Å². The lowest BCUT2D eigenvalue weighted by Crippen LogP contribution is -2.53. The Balaban J connectivity index is 1.95. The molecule has 2 rings (SSSR count). The van der Waals surface area contributed by atoms with Gasteiger partial charge >= 0.3 is 12.0 Å². The molecule has 1 aliphatic heterocycles. The van der Waals surface area contributed by atoms with Crippen LogP contribution in [0.2, 0.25) is 0 Å². The van der Waals surface area contributed by atoms with Gasteiger partial charge in [-0.25, -0.2) is 9.59 Å². The number of thioether (sulfide) groups is 1. The van der Waals surface area contributed by atoms with Gasteiger partial charge in [-0.2, -0.15) is 11.8 Å². The van der Waals surface area contributed by atoms with Crippen molar-refractivity contribution in [1.29, 1.82) is 0 Å². The molecule has 108 valence electrons. The molecular weight excluding hydrogens is 278 g/mol. The number of pyridine rings is 1. The van der Waals surface area contributed by atoms with E-state index in [1.54, 1.807) is 11.8 Å². The van der Waals surface area contributed by atoms with Crippen LogP contribution in [0.15, 0.2) is 18.2 Å². The molecule has 0 aliphatic carbocycles. The van der Waals surface area contributed by atoms with E-state index < -0.39 is 12.0 Å². The number of hydrogen-bond donors (Lipinski definition) is 2. The summed E-state index contributed by atoms with van der Waals surface area (Å²) >= 11 is 1.55. The molecule has 1 saturated heterocycles. The number of carboxylic acid groups (broad SMARTS) is 1. The SMILES string of the molecule is Cc1cccc(CNC(=O)N2CCSCC2C(=O)O)n1. The molecule has 2 amide bonds. The lowest BCUT2D eigenvalue weighted by molar-refractivity contribution is -0.141. The Kier molecular flexibility index (Phi) is 4.84. The Labute approximate surface area is 121 Å². The van der Waals surface area contributed by atoms with Crippen LogP contribution in [0, 0.1) is 6.92 Å². The predicted octanol–water partition coefficient (Wildman–Crippen LogP) is 1.10. The highest BCUT2D eigenvalue weighted by molar-refractivity contribution is 7.99. The zero-order valence-corrected chi connectivity index (χ0v) is 12.0. The molecule has 1 aliphatic rings. The van der Waals surface area contributed by atoms with Crippen molar-refractivity contribution in [1.82, 2.24) is 15.2 Å². The van der Waals surface area contributed by atoms with E-state index in [0.29, 0.717) is 18.8 Å². The lowest BCUT2D eigenvalue weighted by Gasteiger charge is -2.32. The molecule has 0 aromatic carbocycles. The minimum atomic E-state index is -0.957. The number of carboxylic acids is 1. The van der Waals surface area contributed by atoms with Gasteiger partial charge in [0.25, 0.3) is 0 Å². The molecule has 0 spiro atoms. The largest absolute Gasteiger partial charge is 0.480 e. The number of amides is 2. The summed E-state index contributed by atoms with van der Waals surface area (Å²) in [6, 6.07) is 4.49. The van der Waals surface area contributed by atoms with Crippen LogP contribution in [0.3, 0.4) is 0 Å². The second kappa shape index (κ2) is 6.60. The topological polar surface area (TPSA) is 82.5 Å². The first-order chi connectivity index (χ1) is 9.58. The number of carbonyl (C=O) groups excluding carboxylic acids is 1. The van der Waals surface area contributed by atoms with Crippen molar-refractivity contribution in [2.24, 2.45) is 0 Å². The third kappa shape index (κ3) is 3.63. The van der Waals surface area contributed by atoms with Gasteiger partial charge in [-0.05, 0) is 19.1 Å². The molecule has 1 aromatic rings. The Hall–Kier alpha value is -1.76. The molecule has 1 atom stereocenters. The maximum atomic E-state index is 12.1. The summed E-state index contributed by atoms with van der Waals surface area (Å²) in [6.45, 7) is 2.64. The Morgan fingerprint density at radius 3 is 3.05 bits per heavy atom. The molecular formula is C13H17N3O3S. The summed E-state index contributed by atoms with van der Waals surface area (Å²) in [7, 11) is 0. The van der Waals surface area contributed by atoms with Crippen molar-refractivity contribution >= 4 is 23.8 Å². The minimum Gasteiger partial charge on any atom is -0.480 e. The van der Waals surface area contributed by atoms with E-state index in [1.807, 2.05) is 25.1 Å². The number of rotatable bonds is 3. The molecule has 7 heteroatoms. The summed E-state index contributed by atoms with van der Waals surface area (Å²) in [5.74, 6) is 0.242. The highest BCUT2D eigenvalue weighted by Gasteiger charge is 2.32. The normalized spacial score (nSPS) is 18.6. The van der Waals surface area contributed by atoms with E-state index in [4.69, 9.17) is 5.11 Å². The monoisotopic (exact) mass is 295 g/mol. The first-order valence-corrected chi connectivity index (χ1v) is 7.51. The number of aromatic nitrogens is 1. The predicted molar refractivity (Wildman–Crippen MR) is 76.7 cm³/mol. The first kappa shape index (κ1) is 14.6. The fourth-order valence-electron chi connectivity index (χ4n) is 2.02. The Morgan fingerprint density at radius 1 is 1.55 bits per heavy atom. The minimum absolute atomic E-state index is 0.302. The van der Waals surface area contributed by atoms with Crippen LogP contribution in [0.4, 0.5) is 4.79 Å². The molecule has 2 N–H and O–H groups in total. The molecule has 20 heavy (non-hydrogen) atoms. The molecule has 1 aromatic heterocycles. The number of urea groups is 1. The van der Waals surface area contributed by atoms with Crippen LogP contribution in [0.5, 0.6) is 0 Å². The summed E-state index contributed by atoms with van der Waals surface area (Å²) in [4.78, 5) is 28.9. The van der Waals surface area contributed by atoms with Gasteiger partial charge in [0.2, 0.25) is 0 Å². The standard InChI is InChI=1S/C13H17N3O3S/c1-9-3-2-4-10(15-9)7-14-13(19)16-5-6-20-8-11(16)12(17)18/h2-4,11H,5-8H2,1H3,(H,14,19)(H,17,18). The van der Waals surface area contributed by atoms with Crippen molar-refractivity contribution < 1.29 is 14.7 Å². The molecule has 2 heterocycles. The van der Waals surface area contributed by atoms with Crippen molar-refractivity contribution in [3.05, 3.63) is 29.6 Å². The van der Waals surface area contributed by atoms with E-state index in [0.717, 1.165) is 17.1 Å². The van der Waals surface area contributed by atoms with Crippen molar-refractivity contribution in [3.63, 3.8) is 0 Å². The number of aliphatic carboxylic acids is 1. The molecule has 1 fully saturated rings. The smallest absolute Gasteiger partial charge is 0.327 e. The van der Waals surface area contributed by atoms with Crippen molar-refractivity contribution in [2.75, 3.05) is 18.1 Å². The van der Waals surface area contributed by atoms with Gasteiger partial charge in [-0.1, -0.05) is 6.07 Å². The number of nitrogens with one attached hydrogen (secondary N) is 1. The lowest BCUT2D eigenvalue weighted by atomic mass is 10.3. The van der Waals surface area contributed by atoms with Gasteiger partial charge in [0.1, 0.15) is 6.04 Å². The zero-order valence-electron chi connectivity index (χ0n) is 11.2. The third-order valence-electron chi connectivity index (χ3n) is 3.04. The van der Waals surface area contributed by atoms with Gasteiger partial charge in [0.15, 0.2) is 0 Å². The molecule has 1 unspecified atom stereocenters. The van der Waals surface area contributed by atoms with Crippen molar-refractivity contribution in [3.8, 4) is 0 Å². The van der Waals surface area contributed by atoms with Gasteiger partial charge < -0.3 is 15.3 Å². The molecule has 6 nitrogen and oxygen atoms in total. The summed E-state index contributed by atoms with van der Waals surface area (Å²) in [6.07, 6.45) is 0. The average Bonchev–Trinajstić information content (AvgIpc) is 2.45. The van der Waals surface area contributed by atoms with E-state index in [9.17, 15) is 9.59 Å². The molecule has 0 bridgehead atoms. The van der Waals surface area contributed by atoms with Crippen LogP contribution < -0.4 is 5.32 Å². The number of aryl methyl sites for hydroxylation is 1. The Morgan fingerprint density at radius 2 is 2.35 bits per heavy atom. The van der Waals surface area contributed by atoms with Gasteiger partial charge in [0, 0.05) is 23.7 Å². The van der Waals surface area contributed by atoms with E-state index >= 15 is 0 Å². The van der Waals surface area contributed by atoms with Crippen LogP contribution in [0.25, 0.3) is 0 Å². The quantitative estimate of drug-likeness (QED) is 0.872. The summed E-state index contributed by atoms with van der Waals surface area (Å²) < 4.78 is 0. The fraction of sp³-hybridized carbons (Fsp3) is 0.462. The maximum Gasteiger partial charge on any atom is 0.327 e. The van der Waals surface area contributed by atoms with E-state index in [1.165, 1.54) is 4.90 Å². The van der Waals surface area contributed by atoms with Gasteiger partial charge in [-0.15, -0.1) is 0 Å². The molecule has 0 radical (unpaired) electrons. The summed E-state index contributed by atoms with van der Waals surface area (Å²) in [5, 5.41) is 11.9. The van der Waals surface area contributed by atoms with Crippen molar-refractivity contribution in [2.45, 2.75) is 19.5 Å². The van der Waals surface area contributed by atoms with Crippen LogP contribution >= 0.6 is 11.8 Å².